The Kier molecular flexibility index (Phi) is 7.94. The van der Waals surface area contributed by atoms with Gasteiger partial charge in [0.1, 0.15) is 23.6 Å². The minimum absolute atomic E-state index is 0.000457. The van der Waals surface area contributed by atoms with Gasteiger partial charge in [-0.05, 0) is 46.2 Å². The lowest BCUT2D eigenvalue weighted by atomic mass is 10.1. The summed E-state index contributed by atoms with van der Waals surface area (Å²) in [6.45, 7) is 10.9. The van der Waals surface area contributed by atoms with Crippen LogP contribution < -0.4 is 4.74 Å². The minimum atomic E-state index is -0.565. The average Bonchev–Trinajstić information content (AvgIpc) is 2.51. The summed E-state index contributed by atoms with van der Waals surface area (Å²) < 4.78 is 16.6. The molecule has 0 bridgehead atoms. The third-order valence-electron chi connectivity index (χ3n) is 3.55. The lowest BCUT2D eigenvalue weighted by Crippen LogP contribution is -2.35. The molecule has 0 fully saturated rings. The molecule has 0 spiro atoms. The van der Waals surface area contributed by atoms with E-state index in [0.717, 1.165) is 5.75 Å². The van der Waals surface area contributed by atoms with Crippen molar-refractivity contribution >= 4 is 11.9 Å². The number of para-hydroxylation sites is 1. The van der Waals surface area contributed by atoms with E-state index in [1.165, 1.54) is 0 Å². The molecule has 0 unspecified atom stereocenters. The lowest BCUT2D eigenvalue weighted by molar-refractivity contribution is -0.165. The van der Waals surface area contributed by atoms with Crippen LogP contribution in [0.5, 0.6) is 5.75 Å². The summed E-state index contributed by atoms with van der Waals surface area (Å²) in [7, 11) is 0. The van der Waals surface area contributed by atoms with E-state index in [0.29, 0.717) is 6.42 Å². The van der Waals surface area contributed by atoms with Crippen LogP contribution in [0.4, 0.5) is 0 Å². The summed E-state index contributed by atoms with van der Waals surface area (Å²) in [5, 5.41) is 0. The zero-order valence-corrected chi connectivity index (χ0v) is 16.1. The number of carbonyl (C=O) groups is 2. The minimum Gasteiger partial charge on any atom is -0.487 e. The van der Waals surface area contributed by atoms with Gasteiger partial charge in [-0.25, -0.2) is 0 Å². The lowest BCUT2D eigenvalue weighted by Gasteiger charge is -2.25. The second kappa shape index (κ2) is 9.44. The number of hydrogen-bond acceptors (Lipinski definition) is 5. The first kappa shape index (κ1) is 21.0. The number of esters is 2. The Bertz CT molecular complexity index is 547. The van der Waals surface area contributed by atoms with Gasteiger partial charge in [-0.1, -0.05) is 32.0 Å². The van der Waals surface area contributed by atoms with Crippen molar-refractivity contribution in [2.45, 2.75) is 72.2 Å². The molecule has 0 N–H and O–H groups in total. The topological polar surface area (TPSA) is 61.8 Å². The van der Waals surface area contributed by atoms with E-state index in [-0.39, 0.29) is 18.6 Å². The van der Waals surface area contributed by atoms with Gasteiger partial charge in [0.2, 0.25) is 0 Å². The Labute approximate surface area is 150 Å². The van der Waals surface area contributed by atoms with Crippen LogP contribution in [0.2, 0.25) is 0 Å². The highest BCUT2D eigenvalue weighted by molar-refractivity contribution is 5.79. The molecule has 1 rings (SSSR count). The maximum atomic E-state index is 12.3. The third-order valence-corrected chi connectivity index (χ3v) is 3.55. The van der Waals surface area contributed by atoms with Crippen molar-refractivity contribution in [3.63, 3.8) is 0 Å². The van der Waals surface area contributed by atoms with Gasteiger partial charge >= 0.3 is 11.9 Å². The third kappa shape index (κ3) is 8.05. The monoisotopic (exact) mass is 350 g/mol. The molecule has 0 amide bonds. The van der Waals surface area contributed by atoms with Crippen molar-refractivity contribution < 1.29 is 23.8 Å². The van der Waals surface area contributed by atoms with Gasteiger partial charge in [-0.3, -0.25) is 9.59 Å². The number of ether oxygens (including phenoxy) is 3. The van der Waals surface area contributed by atoms with Crippen LogP contribution in [0.1, 0.15) is 54.4 Å². The molecule has 3 atom stereocenters. The molecule has 25 heavy (non-hydrogen) atoms. The molecule has 0 aliphatic rings. The highest BCUT2D eigenvalue weighted by Crippen LogP contribution is 2.18. The fraction of sp³-hybridized carbons (Fsp3) is 0.600. The molecule has 0 saturated heterocycles. The Hall–Kier alpha value is -2.04. The van der Waals surface area contributed by atoms with Gasteiger partial charge in [0, 0.05) is 0 Å². The Morgan fingerprint density at radius 1 is 1.08 bits per heavy atom. The SMILES string of the molecule is CC[C@H](OC(=O)[C@H](C)CC(=O)OC(C)(C)C)[C@H](C)Oc1ccccc1. The molecule has 5 heteroatoms. The molecule has 0 radical (unpaired) electrons. The number of carbonyl (C=O) groups excluding carboxylic acids is 2. The van der Waals surface area contributed by atoms with Gasteiger partial charge in [-0.2, -0.15) is 0 Å². The average molecular weight is 350 g/mol. The molecule has 1 aromatic carbocycles. The Morgan fingerprint density at radius 3 is 2.20 bits per heavy atom. The molecular weight excluding hydrogens is 320 g/mol. The first-order valence-electron chi connectivity index (χ1n) is 8.76. The molecular formula is C20H30O5. The Balaban J connectivity index is 2.55. The number of benzene rings is 1. The van der Waals surface area contributed by atoms with Gasteiger partial charge in [0.25, 0.3) is 0 Å². The van der Waals surface area contributed by atoms with Crippen molar-refractivity contribution in [2.75, 3.05) is 0 Å². The van der Waals surface area contributed by atoms with Gasteiger partial charge in [0.15, 0.2) is 0 Å². The van der Waals surface area contributed by atoms with Crippen LogP contribution in [0.3, 0.4) is 0 Å². The first-order chi connectivity index (χ1) is 11.6. The fourth-order valence-corrected chi connectivity index (χ4v) is 2.28. The molecule has 0 aromatic heterocycles. The standard InChI is InChI=1S/C20H30O5/c1-7-17(15(3)23-16-11-9-8-10-12-16)24-19(22)14(2)13-18(21)25-20(4,5)6/h8-12,14-15,17H,7,13H2,1-6H3/t14-,15+,17+/m1/s1. The summed E-state index contributed by atoms with van der Waals surface area (Å²) in [5.41, 5.74) is -0.565. The molecule has 140 valence electrons. The van der Waals surface area contributed by atoms with E-state index >= 15 is 0 Å². The molecule has 0 saturated carbocycles. The van der Waals surface area contributed by atoms with E-state index < -0.39 is 23.5 Å². The van der Waals surface area contributed by atoms with Crippen LogP contribution in [0, 0.1) is 5.92 Å². The van der Waals surface area contributed by atoms with Crippen LogP contribution in [0.25, 0.3) is 0 Å². The Morgan fingerprint density at radius 2 is 1.68 bits per heavy atom. The smallest absolute Gasteiger partial charge is 0.309 e. The van der Waals surface area contributed by atoms with Crippen LogP contribution in [0.15, 0.2) is 30.3 Å². The van der Waals surface area contributed by atoms with E-state index in [1.807, 2.05) is 44.2 Å². The van der Waals surface area contributed by atoms with E-state index in [4.69, 9.17) is 14.2 Å². The predicted octanol–water partition coefficient (Wildman–Crippen LogP) is 4.14. The van der Waals surface area contributed by atoms with Crippen LogP contribution in [-0.4, -0.2) is 29.7 Å². The molecule has 1 aromatic rings. The fourth-order valence-electron chi connectivity index (χ4n) is 2.28. The van der Waals surface area contributed by atoms with Crippen molar-refractivity contribution in [2.24, 2.45) is 5.92 Å². The van der Waals surface area contributed by atoms with Crippen molar-refractivity contribution in [3.8, 4) is 5.75 Å². The summed E-state index contributed by atoms with van der Waals surface area (Å²) in [6.07, 6.45) is -0.0433. The van der Waals surface area contributed by atoms with E-state index in [9.17, 15) is 9.59 Å². The highest BCUT2D eigenvalue weighted by atomic mass is 16.6. The normalized spacial score (nSPS) is 15.0. The summed E-state index contributed by atoms with van der Waals surface area (Å²) in [6, 6.07) is 9.40. The maximum Gasteiger partial charge on any atom is 0.309 e. The zero-order chi connectivity index (χ0) is 19.0. The zero-order valence-electron chi connectivity index (χ0n) is 16.1. The predicted molar refractivity (Wildman–Crippen MR) is 96.3 cm³/mol. The van der Waals surface area contributed by atoms with Gasteiger partial charge in [0.05, 0.1) is 12.3 Å². The molecule has 5 nitrogen and oxygen atoms in total. The van der Waals surface area contributed by atoms with E-state index in [1.54, 1.807) is 27.7 Å². The van der Waals surface area contributed by atoms with Crippen LogP contribution in [-0.2, 0) is 19.1 Å². The quantitative estimate of drug-likeness (QED) is 0.659. The maximum absolute atomic E-state index is 12.3. The largest absolute Gasteiger partial charge is 0.487 e. The molecule has 0 aliphatic carbocycles. The van der Waals surface area contributed by atoms with Gasteiger partial charge < -0.3 is 14.2 Å². The number of rotatable bonds is 8. The van der Waals surface area contributed by atoms with Crippen LogP contribution >= 0.6 is 0 Å². The van der Waals surface area contributed by atoms with E-state index in [2.05, 4.69) is 0 Å². The summed E-state index contributed by atoms with van der Waals surface area (Å²) in [4.78, 5) is 24.1. The van der Waals surface area contributed by atoms with Gasteiger partial charge in [-0.15, -0.1) is 0 Å². The van der Waals surface area contributed by atoms with Crippen molar-refractivity contribution in [1.82, 2.24) is 0 Å². The highest BCUT2D eigenvalue weighted by Gasteiger charge is 2.27. The summed E-state index contributed by atoms with van der Waals surface area (Å²) >= 11 is 0. The second-order valence-corrected chi connectivity index (χ2v) is 7.21. The van der Waals surface area contributed by atoms with Crippen molar-refractivity contribution in [3.05, 3.63) is 30.3 Å². The summed E-state index contributed by atoms with van der Waals surface area (Å²) in [5.74, 6) is -0.654. The first-order valence-corrected chi connectivity index (χ1v) is 8.76. The molecule has 0 aliphatic heterocycles. The second-order valence-electron chi connectivity index (χ2n) is 7.21. The molecule has 0 heterocycles. The van der Waals surface area contributed by atoms with Crippen molar-refractivity contribution in [1.29, 1.82) is 0 Å². The number of hydrogen-bond donors (Lipinski definition) is 0.